The summed E-state index contributed by atoms with van der Waals surface area (Å²) in [7, 11) is 1.34. The molecule has 4 aromatic rings. The van der Waals surface area contributed by atoms with Crippen molar-refractivity contribution >= 4 is 39.0 Å². The Balaban J connectivity index is 1.74. The van der Waals surface area contributed by atoms with E-state index in [9.17, 15) is 20.0 Å². The maximum Gasteiger partial charge on any atom is 0.340 e. The van der Waals surface area contributed by atoms with E-state index >= 15 is 0 Å². The van der Waals surface area contributed by atoms with Gasteiger partial charge in [0.25, 0.3) is 5.69 Å². The summed E-state index contributed by atoms with van der Waals surface area (Å²) in [6.45, 7) is 2.91. The maximum absolute atomic E-state index is 12.5. The Morgan fingerprint density at radius 1 is 1.13 bits per heavy atom. The molecule has 0 atom stereocenters. The minimum atomic E-state index is -0.459. The number of benzene rings is 3. The van der Waals surface area contributed by atoms with Crippen molar-refractivity contribution in [3.63, 3.8) is 0 Å². The molecule has 0 aliphatic rings. The zero-order valence-electron chi connectivity index (χ0n) is 17.1. The molecule has 8 nitrogen and oxygen atoms in total. The molecule has 2 N–H and O–H groups in total. The number of esters is 1. The number of phenols is 1. The molecule has 0 spiro atoms. The Kier molecular flexibility index (Phi) is 5.21. The molecule has 3 aromatic carbocycles. The predicted octanol–water partition coefficient (Wildman–Crippen LogP) is 4.62. The van der Waals surface area contributed by atoms with Gasteiger partial charge in [0.1, 0.15) is 5.75 Å². The molecule has 0 aliphatic carbocycles. The van der Waals surface area contributed by atoms with Crippen LogP contribution in [0.3, 0.4) is 0 Å². The number of nitrogens with one attached hydrogen (secondary N) is 1. The van der Waals surface area contributed by atoms with Crippen LogP contribution in [0.15, 0.2) is 54.6 Å². The van der Waals surface area contributed by atoms with Gasteiger partial charge in [0.05, 0.1) is 23.1 Å². The fourth-order valence-electron chi connectivity index (χ4n) is 3.97. The minimum Gasteiger partial charge on any atom is -0.507 e. The van der Waals surface area contributed by atoms with Gasteiger partial charge in [-0.05, 0) is 25.1 Å². The summed E-state index contributed by atoms with van der Waals surface area (Å²) in [5.74, 6) is -0.353. The second-order valence-corrected chi connectivity index (χ2v) is 7.17. The van der Waals surface area contributed by atoms with Gasteiger partial charge in [0.2, 0.25) is 0 Å². The smallest absolute Gasteiger partial charge is 0.340 e. The van der Waals surface area contributed by atoms with Gasteiger partial charge in [-0.25, -0.2) is 4.79 Å². The molecule has 0 aliphatic heterocycles. The zero-order valence-corrected chi connectivity index (χ0v) is 17.1. The van der Waals surface area contributed by atoms with Crippen LogP contribution in [0.4, 0.5) is 11.4 Å². The van der Waals surface area contributed by atoms with Gasteiger partial charge in [0, 0.05) is 52.8 Å². The number of nitro benzene ring substituents is 1. The number of nitrogens with zero attached hydrogens (tertiary/aromatic N) is 2. The van der Waals surface area contributed by atoms with Crippen LogP contribution in [-0.2, 0) is 11.3 Å². The average molecular weight is 419 g/mol. The van der Waals surface area contributed by atoms with E-state index in [0.717, 1.165) is 22.3 Å². The number of hydrogen-bond donors (Lipinski definition) is 2. The molecule has 0 radical (unpaired) electrons. The predicted molar refractivity (Wildman–Crippen MR) is 119 cm³/mol. The molecule has 1 heterocycles. The van der Waals surface area contributed by atoms with Gasteiger partial charge in [-0.15, -0.1) is 0 Å². The molecule has 0 bridgehead atoms. The third kappa shape index (κ3) is 3.52. The number of rotatable bonds is 6. The van der Waals surface area contributed by atoms with Crippen LogP contribution in [-0.4, -0.2) is 34.2 Å². The van der Waals surface area contributed by atoms with Gasteiger partial charge < -0.3 is 19.7 Å². The summed E-state index contributed by atoms with van der Waals surface area (Å²) in [4.78, 5) is 22.9. The Bertz CT molecular complexity index is 1310. The summed E-state index contributed by atoms with van der Waals surface area (Å²) >= 11 is 0. The minimum absolute atomic E-state index is 0.0341. The van der Waals surface area contributed by atoms with Crippen LogP contribution in [0.25, 0.3) is 21.7 Å². The lowest BCUT2D eigenvalue weighted by atomic mass is 10.0. The number of carbonyl (C=O) groups excluding carboxylic acids is 1. The first-order valence-electron chi connectivity index (χ1n) is 9.72. The second-order valence-electron chi connectivity index (χ2n) is 7.17. The molecule has 31 heavy (non-hydrogen) atoms. The van der Waals surface area contributed by atoms with Crippen LogP contribution < -0.4 is 5.32 Å². The number of ether oxygens (including phenoxy) is 1. The van der Waals surface area contributed by atoms with Crippen LogP contribution in [0.2, 0.25) is 0 Å². The van der Waals surface area contributed by atoms with E-state index in [1.54, 1.807) is 18.2 Å². The number of methoxy groups -OCH3 is 1. The van der Waals surface area contributed by atoms with E-state index < -0.39 is 10.9 Å². The quantitative estimate of drug-likeness (QED) is 0.268. The van der Waals surface area contributed by atoms with Crippen molar-refractivity contribution in [3.05, 3.63) is 76.0 Å². The van der Waals surface area contributed by atoms with Crippen LogP contribution in [0.5, 0.6) is 5.75 Å². The molecule has 0 fully saturated rings. The van der Waals surface area contributed by atoms with Gasteiger partial charge in [-0.1, -0.05) is 24.3 Å². The summed E-state index contributed by atoms with van der Waals surface area (Å²) in [5, 5.41) is 26.8. The first-order chi connectivity index (χ1) is 14.9. The molecule has 0 saturated heterocycles. The highest BCUT2D eigenvalue weighted by Crippen LogP contribution is 2.37. The first-order valence-corrected chi connectivity index (χ1v) is 9.72. The highest BCUT2D eigenvalue weighted by Gasteiger charge is 2.23. The number of phenolic OH excluding ortho intramolecular Hbond substituents is 1. The van der Waals surface area contributed by atoms with E-state index in [1.807, 2.05) is 35.8 Å². The third-order valence-corrected chi connectivity index (χ3v) is 5.43. The highest BCUT2D eigenvalue weighted by atomic mass is 16.6. The number of aromatic hydroxyl groups is 1. The summed E-state index contributed by atoms with van der Waals surface area (Å²) < 4.78 is 7.02. The van der Waals surface area contributed by atoms with Crippen molar-refractivity contribution in [2.24, 2.45) is 0 Å². The standard InChI is InChI=1S/C23H21N3O5/c1-14-21(23(28)31-2)19-13-20(27)17-5-3-4-6-18(17)22(19)25(14)12-11-24-15-7-9-16(10-8-15)26(29)30/h3-10,13,24,27H,11-12H2,1-2H3. The average Bonchev–Trinajstić information content (AvgIpc) is 3.05. The SMILES string of the molecule is COC(=O)c1c(C)n(CCNc2ccc([N+](=O)[O-])cc2)c2c1cc(O)c1ccccc12. The highest BCUT2D eigenvalue weighted by molar-refractivity contribution is 6.16. The summed E-state index contributed by atoms with van der Waals surface area (Å²) in [6.07, 6.45) is 0. The maximum atomic E-state index is 12.5. The fourth-order valence-corrected chi connectivity index (χ4v) is 3.97. The van der Waals surface area contributed by atoms with Crippen LogP contribution >= 0.6 is 0 Å². The fraction of sp³-hybridized carbons (Fsp3) is 0.174. The Morgan fingerprint density at radius 3 is 2.45 bits per heavy atom. The molecule has 1 aromatic heterocycles. The summed E-state index contributed by atoms with van der Waals surface area (Å²) in [6, 6.07) is 15.3. The van der Waals surface area contributed by atoms with Crippen molar-refractivity contribution < 1.29 is 19.6 Å². The number of fused-ring (bicyclic) bond motifs is 3. The monoisotopic (exact) mass is 419 g/mol. The molecule has 4 rings (SSSR count). The molecule has 8 heteroatoms. The van der Waals surface area contributed by atoms with E-state index in [-0.39, 0.29) is 11.4 Å². The normalized spacial score (nSPS) is 11.0. The van der Waals surface area contributed by atoms with Gasteiger partial charge >= 0.3 is 5.97 Å². The molecule has 158 valence electrons. The number of non-ortho nitro benzene ring substituents is 1. The van der Waals surface area contributed by atoms with E-state index in [0.29, 0.717) is 29.4 Å². The van der Waals surface area contributed by atoms with Crippen molar-refractivity contribution in [2.75, 3.05) is 19.0 Å². The topological polar surface area (TPSA) is 107 Å². The lowest BCUT2D eigenvalue weighted by molar-refractivity contribution is -0.384. The molecular formula is C23H21N3O5. The van der Waals surface area contributed by atoms with Crippen molar-refractivity contribution in [1.82, 2.24) is 4.57 Å². The van der Waals surface area contributed by atoms with Gasteiger partial charge in [-0.3, -0.25) is 10.1 Å². The number of anilines is 1. The van der Waals surface area contributed by atoms with Crippen molar-refractivity contribution in [3.8, 4) is 5.75 Å². The molecule has 0 unspecified atom stereocenters. The lowest BCUT2D eigenvalue weighted by Gasteiger charge is -2.12. The number of aromatic nitrogens is 1. The molecule has 0 saturated carbocycles. The van der Waals surface area contributed by atoms with Crippen LogP contribution in [0, 0.1) is 17.0 Å². The first kappa shape index (κ1) is 20.2. The van der Waals surface area contributed by atoms with Crippen molar-refractivity contribution in [2.45, 2.75) is 13.5 Å². The molecular weight excluding hydrogens is 398 g/mol. The van der Waals surface area contributed by atoms with Gasteiger partial charge in [-0.2, -0.15) is 0 Å². The largest absolute Gasteiger partial charge is 0.507 e. The Morgan fingerprint density at radius 2 is 1.81 bits per heavy atom. The van der Waals surface area contributed by atoms with E-state index in [2.05, 4.69) is 5.32 Å². The zero-order chi connectivity index (χ0) is 22.1. The lowest BCUT2D eigenvalue weighted by Crippen LogP contribution is -2.12. The van der Waals surface area contributed by atoms with E-state index in [1.165, 1.54) is 19.2 Å². The molecule has 0 amide bonds. The Hall–Kier alpha value is -4.07. The number of nitro groups is 1. The number of hydrogen-bond acceptors (Lipinski definition) is 6. The number of carbonyl (C=O) groups is 1. The van der Waals surface area contributed by atoms with Crippen LogP contribution in [0.1, 0.15) is 16.1 Å². The second kappa shape index (κ2) is 7.98. The Labute approximate surface area is 177 Å². The summed E-state index contributed by atoms with van der Waals surface area (Å²) in [5.41, 5.74) is 2.80. The third-order valence-electron chi connectivity index (χ3n) is 5.43. The van der Waals surface area contributed by atoms with Crippen molar-refractivity contribution in [1.29, 1.82) is 0 Å². The van der Waals surface area contributed by atoms with Gasteiger partial charge in [0.15, 0.2) is 0 Å². The van der Waals surface area contributed by atoms with E-state index in [4.69, 9.17) is 4.74 Å².